The number of carbonyl (C=O) groups excluding carboxylic acids is 2. The molecule has 0 spiro atoms. The lowest BCUT2D eigenvalue weighted by molar-refractivity contribution is -0.207. The van der Waals surface area contributed by atoms with Gasteiger partial charge in [-0.2, -0.15) is 0 Å². The number of aliphatic hydroxyl groups is 1. The number of amides is 1. The number of aliphatic hydroxyl groups excluding tert-OH is 1. The third kappa shape index (κ3) is 4.08. The lowest BCUT2D eigenvalue weighted by Crippen LogP contribution is -2.46. The van der Waals surface area contributed by atoms with Crippen molar-refractivity contribution in [3.05, 3.63) is 59.7 Å². The van der Waals surface area contributed by atoms with Crippen molar-refractivity contribution in [2.75, 3.05) is 13.2 Å². The summed E-state index contributed by atoms with van der Waals surface area (Å²) >= 11 is 0. The van der Waals surface area contributed by atoms with Gasteiger partial charge in [0.15, 0.2) is 6.04 Å². The molecule has 0 aromatic heterocycles. The maximum Gasteiger partial charge on any atom is 0.334 e. The van der Waals surface area contributed by atoms with E-state index in [4.69, 9.17) is 9.57 Å². The fourth-order valence-electron chi connectivity index (χ4n) is 3.42. The number of benzene rings is 2. The van der Waals surface area contributed by atoms with E-state index in [0.717, 1.165) is 27.3 Å². The Morgan fingerprint density at radius 2 is 1.64 bits per heavy atom. The zero-order valence-electron chi connectivity index (χ0n) is 16.3. The number of ether oxygens (including phenoxy) is 1. The summed E-state index contributed by atoms with van der Waals surface area (Å²) in [6, 6.07) is 14.9. The predicted molar refractivity (Wildman–Crippen MR) is 104 cm³/mol. The van der Waals surface area contributed by atoms with Crippen LogP contribution in [0.2, 0.25) is 0 Å². The van der Waals surface area contributed by atoms with Crippen molar-refractivity contribution in [3.63, 3.8) is 0 Å². The lowest BCUT2D eigenvalue weighted by atomic mass is 9.98. The average molecular weight is 383 g/mol. The van der Waals surface area contributed by atoms with Gasteiger partial charge in [-0.25, -0.2) is 9.86 Å². The van der Waals surface area contributed by atoms with Crippen molar-refractivity contribution in [3.8, 4) is 11.1 Å². The fraction of sp³-hybridized carbons (Fsp3) is 0.364. The Balaban J connectivity index is 1.78. The Morgan fingerprint density at radius 3 is 2.11 bits per heavy atom. The number of hydroxylamine groups is 2. The SMILES string of the molecule is CC(C)(C)OC(=O)C(CO)N(C=O)OCC1c2ccccc2-c2ccccc21. The van der Waals surface area contributed by atoms with E-state index in [1.807, 2.05) is 36.4 Å². The van der Waals surface area contributed by atoms with E-state index in [2.05, 4.69) is 12.1 Å². The van der Waals surface area contributed by atoms with Crippen LogP contribution in [0.1, 0.15) is 37.8 Å². The molecular weight excluding hydrogens is 358 g/mol. The highest BCUT2D eigenvalue weighted by Crippen LogP contribution is 2.44. The summed E-state index contributed by atoms with van der Waals surface area (Å²) in [5.74, 6) is -0.790. The first kappa shape index (κ1) is 20.0. The van der Waals surface area contributed by atoms with Crippen molar-refractivity contribution < 1.29 is 24.3 Å². The van der Waals surface area contributed by atoms with E-state index < -0.39 is 24.2 Å². The van der Waals surface area contributed by atoms with Crippen molar-refractivity contribution >= 4 is 12.4 Å². The summed E-state index contributed by atoms with van der Waals surface area (Å²) in [6.45, 7) is 4.73. The maximum absolute atomic E-state index is 12.3. The minimum Gasteiger partial charge on any atom is -0.458 e. The molecule has 1 amide bonds. The molecule has 0 radical (unpaired) electrons. The number of hydrogen-bond acceptors (Lipinski definition) is 5. The van der Waals surface area contributed by atoms with Gasteiger partial charge in [-0.15, -0.1) is 0 Å². The van der Waals surface area contributed by atoms with Crippen LogP contribution in [0.3, 0.4) is 0 Å². The molecule has 6 heteroatoms. The van der Waals surface area contributed by atoms with Gasteiger partial charge in [0.05, 0.1) is 13.2 Å². The predicted octanol–water partition coefficient (Wildman–Crippen LogP) is 2.89. The molecule has 1 unspecified atom stereocenters. The summed E-state index contributed by atoms with van der Waals surface area (Å²) in [5.41, 5.74) is 3.74. The zero-order valence-corrected chi connectivity index (χ0v) is 16.3. The molecule has 1 atom stereocenters. The molecule has 0 saturated carbocycles. The van der Waals surface area contributed by atoms with Crippen molar-refractivity contribution in [2.24, 2.45) is 0 Å². The molecule has 2 aromatic carbocycles. The second-order valence-electron chi connectivity index (χ2n) is 7.72. The monoisotopic (exact) mass is 383 g/mol. The van der Waals surface area contributed by atoms with Gasteiger partial charge >= 0.3 is 5.97 Å². The highest BCUT2D eigenvalue weighted by Gasteiger charge is 2.33. The first-order chi connectivity index (χ1) is 13.4. The van der Waals surface area contributed by atoms with Crippen molar-refractivity contribution in [1.82, 2.24) is 5.06 Å². The highest BCUT2D eigenvalue weighted by molar-refractivity contribution is 5.79. The molecule has 28 heavy (non-hydrogen) atoms. The van der Waals surface area contributed by atoms with Gasteiger partial charge in [-0.3, -0.25) is 9.63 Å². The van der Waals surface area contributed by atoms with Crippen LogP contribution >= 0.6 is 0 Å². The topological polar surface area (TPSA) is 76.1 Å². The van der Waals surface area contributed by atoms with Crippen LogP contribution in [-0.4, -0.2) is 47.4 Å². The first-order valence-corrected chi connectivity index (χ1v) is 9.24. The number of fused-ring (bicyclic) bond motifs is 3. The van der Waals surface area contributed by atoms with E-state index in [0.29, 0.717) is 6.41 Å². The third-order valence-corrected chi connectivity index (χ3v) is 4.62. The van der Waals surface area contributed by atoms with E-state index in [-0.39, 0.29) is 12.5 Å². The quantitative estimate of drug-likeness (QED) is 0.452. The highest BCUT2D eigenvalue weighted by atomic mass is 16.7. The van der Waals surface area contributed by atoms with Gasteiger partial charge in [0.2, 0.25) is 6.41 Å². The van der Waals surface area contributed by atoms with Gasteiger partial charge < -0.3 is 9.84 Å². The maximum atomic E-state index is 12.3. The minimum atomic E-state index is -1.22. The van der Waals surface area contributed by atoms with Gasteiger partial charge in [-0.1, -0.05) is 48.5 Å². The van der Waals surface area contributed by atoms with E-state index in [1.165, 1.54) is 0 Å². The molecule has 0 aliphatic heterocycles. The largest absolute Gasteiger partial charge is 0.458 e. The van der Waals surface area contributed by atoms with Crippen LogP contribution < -0.4 is 0 Å². The zero-order chi connectivity index (χ0) is 20.3. The minimum absolute atomic E-state index is 0.0761. The Labute approximate surface area is 164 Å². The Morgan fingerprint density at radius 1 is 1.11 bits per heavy atom. The molecule has 1 N–H and O–H groups in total. The van der Waals surface area contributed by atoms with Crippen molar-refractivity contribution in [2.45, 2.75) is 38.3 Å². The van der Waals surface area contributed by atoms with Crippen LogP contribution in [-0.2, 0) is 19.2 Å². The summed E-state index contributed by atoms with van der Waals surface area (Å²) in [5, 5.41) is 10.5. The van der Waals surface area contributed by atoms with E-state index in [1.54, 1.807) is 20.8 Å². The van der Waals surface area contributed by atoms with Gasteiger partial charge in [-0.05, 0) is 43.0 Å². The smallest absolute Gasteiger partial charge is 0.334 e. The standard InChI is InChI=1S/C22H25NO5/c1-22(2,3)28-21(26)20(12-24)23(14-25)27-13-19-17-10-6-4-8-15(17)16-9-5-7-11-18(16)19/h4-11,14,19-20,24H,12-13H2,1-3H3. The number of hydrogen-bond donors (Lipinski definition) is 1. The summed E-state index contributed by atoms with van der Waals surface area (Å²) in [7, 11) is 0. The van der Waals surface area contributed by atoms with Crippen LogP contribution in [0.5, 0.6) is 0 Å². The second-order valence-corrected chi connectivity index (χ2v) is 7.72. The molecule has 6 nitrogen and oxygen atoms in total. The van der Waals surface area contributed by atoms with E-state index in [9.17, 15) is 14.7 Å². The number of carbonyl (C=O) groups is 2. The van der Waals surface area contributed by atoms with Crippen LogP contribution in [0.15, 0.2) is 48.5 Å². The third-order valence-electron chi connectivity index (χ3n) is 4.62. The molecule has 0 saturated heterocycles. The lowest BCUT2D eigenvalue weighted by Gasteiger charge is -2.29. The molecule has 1 aliphatic rings. The Bertz CT molecular complexity index is 813. The Hall–Kier alpha value is -2.70. The molecule has 0 fully saturated rings. The van der Waals surface area contributed by atoms with Gasteiger partial charge in [0.25, 0.3) is 0 Å². The summed E-state index contributed by atoms with van der Waals surface area (Å²) in [4.78, 5) is 29.6. The average Bonchev–Trinajstić information content (AvgIpc) is 2.97. The number of esters is 1. The van der Waals surface area contributed by atoms with Crippen LogP contribution in [0, 0.1) is 0 Å². The summed E-state index contributed by atoms with van der Waals surface area (Å²) < 4.78 is 5.28. The van der Waals surface area contributed by atoms with Gasteiger partial charge in [0.1, 0.15) is 5.60 Å². The second kappa shape index (κ2) is 8.12. The van der Waals surface area contributed by atoms with Crippen molar-refractivity contribution in [1.29, 1.82) is 0 Å². The fourth-order valence-corrected chi connectivity index (χ4v) is 3.42. The molecule has 0 bridgehead atoms. The van der Waals surface area contributed by atoms with Crippen LogP contribution in [0.4, 0.5) is 0 Å². The number of nitrogens with zero attached hydrogens (tertiary/aromatic N) is 1. The molecule has 3 rings (SSSR count). The Kier molecular flexibility index (Phi) is 5.82. The summed E-state index contributed by atoms with van der Waals surface area (Å²) in [6.07, 6.45) is 0.400. The molecule has 0 heterocycles. The molecule has 2 aromatic rings. The van der Waals surface area contributed by atoms with Gasteiger partial charge in [0, 0.05) is 5.92 Å². The normalized spacial score (nSPS) is 14.1. The van der Waals surface area contributed by atoms with E-state index >= 15 is 0 Å². The molecule has 1 aliphatic carbocycles. The van der Waals surface area contributed by atoms with Crippen LogP contribution in [0.25, 0.3) is 11.1 Å². The molecular formula is C22H25NO5. The number of rotatable bonds is 7. The molecule has 148 valence electrons. The first-order valence-electron chi connectivity index (χ1n) is 9.24.